The summed E-state index contributed by atoms with van der Waals surface area (Å²) in [5.41, 5.74) is -0.210. The van der Waals surface area contributed by atoms with Gasteiger partial charge in [0, 0.05) is 25.2 Å². The second-order valence-corrected chi connectivity index (χ2v) is 4.81. The monoisotopic (exact) mass is 216 g/mol. The molecule has 0 aromatic rings. The molecular weight excluding hydrogens is 192 g/mol. The van der Waals surface area contributed by atoms with Crippen molar-refractivity contribution in [1.29, 1.82) is 0 Å². The van der Waals surface area contributed by atoms with E-state index >= 15 is 0 Å². The Hall–Kier alpha value is -0.160. The fraction of sp³-hybridized carbons (Fsp3) is 1.00. The van der Waals surface area contributed by atoms with Gasteiger partial charge in [-0.25, -0.2) is 0 Å². The van der Waals surface area contributed by atoms with E-state index in [1.54, 1.807) is 0 Å². The number of likely N-dealkylation sites (N-methyl/N-ethyl adjacent to an activating group) is 1. The summed E-state index contributed by atoms with van der Waals surface area (Å²) in [6.45, 7) is 11.1. The minimum Gasteiger partial charge on any atom is -0.394 e. The summed E-state index contributed by atoms with van der Waals surface area (Å²) >= 11 is 0. The number of hydrogen-bond donors (Lipinski definition) is 2. The molecule has 1 saturated heterocycles. The van der Waals surface area contributed by atoms with Crippen molar-refractivity contribution in [3.8, 4) is 0 Å². The Labute approximate surface area is 92.6 Å². The third-order valence-corrected chi connectivity index (χ3v) is 2.87. The summed E-state index contributed by atoms with van der Waals surface area (Å²) in [6.07, 6.45) is 0.254. The molecule has 4 heteroatoms. The average Bonchev–Trinajstić information content (AvgIpc) is 2.27. The molecule has 0 spiro atoms. The number of aliphatic hydroxyl groups is 1. The lowest BCUT2D eigenvalue weighted by Crippen LogP contribution is -2.51. The van der Waals surface area contributed by atoms with Crippen molar-refractivity contribution in [2.24, 2.45) is 0 Å². The molecule has 0 aromatic heterocycles. The highest BCUT2D eigenvalue weighted by Gasteiger charge is 2.22. The second kappa shape index (κ2) is 5.80. The van der Waals surface area contributed by atoms with Crippen molar-refractivity contribution in [3.63, 3.8) is 0 Å². The summed E-state index contributed by atoms with van der Waals surface area (Å²) in [6, 6.07) is 0. The quantitative estimate of drug-likeness (QED) is 0.682. The van der Waals surface area contributed by atoms with Crippen LogP contribution in [0.4, 0.5) is 0 Å². The first kappa shape index (κ1) is 12.9. The Bertz CT molecular complexity index is 185. The fourth-order valence-corrected chi connectivity index (χ4v) is 1.64. The van der Waals surface area contributed by atoms with Crippen molar-refractivity contribution in [2.75, 3.05) is 39.4 Å². The first-order valence-electron chi connectivity index (χ1n) is 5.77. The van der Waals surface area contributed by atoms with Crippen molar-refractivity contribution in [1.82, 2.24) is 10.2 Å². The number of ether oxygens (including phenoxy) is 1. The molecule has 0 aliphatic carbocycles. The van der Waals surface area contributed by atoms with Gasteiger partial charge in [0.2, 0.25) is 0 Å². The number of nitrogens with one attached hydrogen (secondary N) is 1. The molecule has 0 bridgehead atoms. The molecule has 15 heavy (non-hydrogen) atoms. The van der Waals surface area contributed by atoms with E-state index in [0.29, 0.717) is 0 Å². The molecule has 0 aromatic carbocycles. The standard InChI is InChI=1S/C11H24N2O2/c1-4-13-5-6-15-10(8-13)7-12-11(2,3)9-14/h10,12,14H,4-9H2,1-3H3. The predicted molar refractivity (Wildman–Crippen MR) is 61.0 cm³/mol. The van der Waals surface area contributed by atoms with Gasteiger partial charge in [0.05, 0.1) is 19.3 Å². The van der Waals surface area contributed by atoms with Gasteiger partial charge < -0.3 is 15.2 Å². The lowest BCUT2D eigenvalue weighted by molar-refractivity contribution is -0.0291. The van der Waals surface area contributed by atoms with E-state index in [1.165, 1.54) is 0 Å². The maximum Gasteiger partial charge on any atom is 0.0826 e. The Balaban J connectivity index is 2.26. The smallest absolute Gasteiger partial charge is 0.0826 e. The molecule has 1 heterocycles. The van der Waals surface area contributed by atoms with Gasteiger partial charge in [-0.2, -0.15) is 0 Å². The van der Waals surface area contributed by atoms with Gasteiger partial charge in [0.15, 0.2) is 0 Å². The molecule has 1 atom stereocenters. The predicted octanol–water partition coefficient (Wildman–Crippen LogP) is 0.0676. The highest BCUT2D eigenvalue weighted by molar-refractivity contribution is 4.80. The zero-order valence-corrected chi connectivity index (χ0v) is 10.1. The number of aliphatic hydroxyl groups excluding tert-OH is 1. The van der Waals surface area contributed by atoms with Crippen LogP contribution >= 0.6 is 0 Å². The Morgan fingerprint density at radius 2 is 2.27 bits per heavy atom. The number of hydrogen-bond acceptors (Lipinski definition) is 4. The maximum atomic E-state index is 9.11. The third-order valence-electron chi connectivity index (χ3n) is 2.87. The van der Waals surface area contributed by atoms with Gasteiger partial charge in [-0.15, -0.1) is 0 Å². The van der Waals surface area contributed by atoms with Crippen LogP contribution in [0, 0.1) is 0 Å². The zero-order chi connectivity index (χ0) is 11.3. The highest BCUT2D eigenvalue weighted by Crippen LogP contribution is 2.06. The van der Waals surface area contributed by atoms with E-state index in [-0.39, 0.29) is 18.2 Å². The molecule has 90 valence electrons. The number of rotatable bonds is 5. The van der Waals surface area contributed by atoms with Crippen LogP contribution in [0.3, 0.4) is 0 Å². The van der Waals surface area contributed by atoms with Crippen LogP contribution in [0.5, 0.6) is 0 Å². The van der Waals surface area contributed by atoms with E-state index in [1.807, 2.05) is 13.8 Å². The molecule has 4 nitrogen and oxygen atoms in total. The molecule has 0 radical (unpaired) electrons. The average molecular weight is 216 g/mol. The lowest BCUT2D eigenvalue weighted by atomic mass is 10.1. The summed E-state index contributed by atoms with van der Waals surface area (Å²) in [5.74, 6) is 0. The molecule has 1 unspecified atom stereocenters. The van der Waals surface area contributed by atoms with Crippen molar-refractivity contribution in [2.45, 2.75) is 32.4 Å². The number of morpholine rings is 1. The van der Waals surface area contributed by atoms with E-state index in [0.717, 1.165) is 32.8 Å². The first-order chi connectivity index (χ1) is 7.07. The van der Waals surface area contributed by atoms with E-state index in [9.17, 15) is 0 Å². The topological polar surface area (TPSA) is 44.7 Å². The molecule has 0 amide bonds. The fourth-order valence-electron chi connectivity index (χ4n) is 1.64. The largest absolute Gasteiger partial charge is 0.394 e. The highest BCUT2D eigenvalue weighted by atomic mass is 16.5. The SMILES string of the molecule is CCN1CCOC(CNC(C)(C)CO)C1. The minimum atomic E-state index is -0.210. The normalized spacial score (nSPS) is 24.4. The Morgan fingerprint density at radius 1 is 1.53 bits per heavy atom. The van der Waals surface area contributed by atoms with Gasteiger partial charge in [-0.05, 0) is 20.4 Å². The molecule has 1 aliphatic rings. The maximum absolute atomic E-state index is 9.11. The molecular formula is C11H24N2O2. The number of nitrogens with zero attached hydrogens (tertiary/aromatic N) is 1. The Morgan fingerprint density at radius 3 is 2.87 bits per heavy atom. The zero-order valence-electron chi connectivity index (χ0n) is 10.1. The molecule has 1 aliphatic heterocycles. The van der Waals surface area contributed by atoms with Crippen LogP contribution in [0.25, 0.3) is 0 Å². The van der Waals surface area contributed by atoms with Crippen LogP contribution < -0.4 is 5.32 Å². The molecule has 0 saturated carbocycles. The molecule has 1 rings (SSSR count). The summed E-state index contributed by atoms with van der Waals surface area (Å²) in [5, 5.41) is 12.4. The van der Waals surface area contributed by atoms with Gasteiger partial charge in [0.1, 0.15) is 0 Å². The van der Waals surface area contributed by atoms with Gasteiger partial charge >= 0.3 is 0 Å². The van der Waals surface area contributed by atoms with Crippen molar-refractivity contribution >= 4 is 0 Å². The summed E-state index contributed by atoms with van der Waals surface area (Å²) < 4.78 is 5.66. The Kier molecular flexibility index (Phi) is 4.99. The van der Waals surface area contributed by atoms with E-state index in [2.05, 4.69) is 17.1 Å². The van der Waals surface area contributed by atoms with Crippen LogP contribution in [-0.4, -0.2) is 61.0 Å². The summed E-state index contributed by atoms with van der Waals surface area (Å²) in [4.78, 5) is 2.39. The van der Waals surface area contributed by atoms with Crippen LogP contribution in [0.15, 0.2) is 0 Å². The molecule has 1 fully saturated rings. The van der Waals surface area contributed by atoms with Gasteiger partial charge in [-0.1, -0.05) is 6.92 Å². The van der Waals surface area contributed by atoms with E-state index in [4.69, 9.17) is 9.84 Å². The molecule has 2 N–H and O–H groups in total. The third kappa shape index (κ3) is 4.47. The van der Waals surface area contributed by atoms with E-state index < -0.39 is 0 Å². The van der Waals surface area contributed by atoms with Crippen molar-refractivity contribution in [3.05, 3.63) is 0 Å². The van der Waals surface area contributed by atoms with Crippen LogP contribution in [-0.2, 0) is 4.74 Å². The van der Waals surface area contributed by atoms with Gasteiger partial charge in [0.25, 0.3) is 0 Å². The lowest BCUT2D eigenvalue weighted by Gasteiger charge is -2.34. The van der Waals surface area contributed by atoms with Crippen LogP contribution in [0.1, 0.15) is 20.8 Å². The second-order valence-electron chi connectivity index (χ2n) is 4.81. The minimum absolute atomic E-state index is 0.150. The van der Waals surface area contributed by atoms with Crippen molar-refractivity contribution < 1.29 is 9.84 Å². The van der Waals surface area contributed by atoms with Crippen LogP contribution in [0.2, 0.25) is 0 Å². The van der Waals surface area contributed by atoms with Gasteiger partial charge in [-0.3, -0.25) is 4.90 Å². The summed E-state index contributed by atoms with van der Waals surface area (Å²) in [7, 11) is 0. The first-order valence-corrected chi connectivity index (χ1v) is 5.77.